The number of hydrogen-bond acceptors (Lipinski definition) is 4. The van der Waals surface area contributed by atoms with Crippen molar-refractivity contribution in [2.24, 2.45) is 0 Å². The van der Waals surface area contributed by atoms with E-state index in [0.29, 0.717) is 16.3 Å². The van der Waals surface area contributed by atoms with E-state index in [4.69, 9.17) is 11.6 Å². The van der Waals surface area contributed by atoms with Gasteiger partial charge < -0.3 is 16.0 Å². The van der Waals surface area contributed by atoms with Gasteiger partial charge in [0.2, 0.25) is 11.8 Å². The van der Waals surface area contributed by atoms with Crippen LogP contribution in [0.1, 0.15) is 29.8 Å². The van der Waals surface area contributed by atoms with Crippen molar-refractivity contribution in [1.29, 1.82) is 0 Å². The molecule has 0 fully saturated rings. The number of aryl methyl sites for hydroxylation is 1. The maximum atomic E-state index is 12.3. The average Bonchev–Trinajstić information content (AvgIpc) is 2.61. The van der Waals surface area contributed by atoms with E-state index >= 15 is 0 Å². The molecule has 0 aliphatic rings. The molecule has 0 atom stereocenters. The summed E-state index contributed by atoms with van der Waals surface area (Å²) in [6.07, 6.45) is 0. The second kappa shape index (κ2) is 10.9. The molecule has 3 N–H and O–H groups in total. The predicted molar refractivity (Wildman–Crippen MR) is 120 cm³/mol. The summed E-state index contributed by atoms with van der Waals surface area (Å²) in [5, 5.41) is 8.69. The van der Waals surface area contributed by atoms with Crippen LogP contribution in [0.15, 0.2) is 42.5 Å². The molecule has 0 saturated carbocycles. The predicted octanol–water partition coefficient (Wildman–Crippen LogP) is 4.10. The van der Waals surface area contributed by atoms with Gasteiger partial charge >= 0.3 is 0 Å². The van der Waals surface area contributed by atoms with Crippen LogP contribution in [-0.4, -0.2) is 35.3 Å². The van der Waals surface area contributed by atoms with E-state index in [1.807, 2.05) is 45.0 Å². The van der Waals surface area contributed by atoms with Gasteiger partial charge in [-0.25, -0.2) is 0 Å². The maximum Gasteiger partial charge on any atom is 0.253 e. The van der Waals surface area contributed by atoms with E-state index in [2.05, 4.69) is 16.0 Å². The van der Waals surface area contributed by atoms with Crippen LogP contribution < -0.4 is 16.0 Å². The highest BCUT2D eigenvalue weighted by atomic mass is 35.5. The molecular weight excluding hydrogens is 410 g/mol. The summed E-state index contributed by atoms with van der Waals surface area (Å²) < 4.78 is 0. The first-order valence-corrected chi connectivity index (χ1v) is 10.6. The van der Waals surface area contributed by atoms with Gasteiger partial charge in [-0.1, -0.05) is 23.7 Å². The maximum absolute atomic E-state index is 12.3. The third kappa shape index (κ3) is 7.79. The van der Waals surface area contributed by atoms with Crippen molar-refractivity contribution < 1.29 is 14.4 Å². The van der Waals surface area contributed by atoms with Gasteiger partial charge in [-0.2, -0.15) is 0 Å². The highest BCUT2D eigenvalue weighted by molar-refractivity contribution is 8.00. The fourth-order valence-corrected chi connectivity index (χ4v) is 3.29. The molecule has 29 heavy (non-hydrogen) atoms. The number of anilines is 2. The molecule has 0 aliphatic carbocycles. The third-order valence-electron chi connectivity index (χ3n) is 3.69. The number of halogens is 1. The smallest absolute Gasteiger partial charge is 0.253 e. The molecule has 0 heterocycles. The molecule has 2 aromatic carbocycles. The van der Waals surface area contributed by atoms with Gasteiger partial charge in [0.05, 0.1) is 22.8 Å². The fraction of sp³-hybridized carbons (Fsp3) is 0.286. The largest absolute Gasteiger partial charge is 0.350 e. The third-order valence-corrected chi connectivity index (χ3v) is 4.86. The minimum atomic E-state index is -0.320. The highest BCUT2D eigenvalue weighted by Gasteiger charge is 2.15. The zero-order valence-corrected chi connectivity index (χ0v) is 18.1. The number of rotatable bonds is 8. The lowest BCUT2D eigenvalue weighted by Gasteiger charge is -2.13. The number of carbonyl (C=O) groups excluding carboxylic acids is 3. The molecule has 2 aromatic rings. The molecule has 0 aromatic heterocycles. The van der Waals surface area contributed by atoms with Crippen LogP contribution in [0.2, 0.25) is 5.02 Å². The topological polar surface area (TPSA) is 87.3 Å². The first-order chi connectivity index (χ1) is 13.7. The Morgan fingerprint density at radius 2 is 1.69 bits per heavy atom. The van der Waals surface area contributed by atoms with Crippen molar-refractivity contribution in [1.82, 2.24) is 5.32 Å². The van der Waals surface area contributed by atoms with Gasteiger partial charge in [-0.3, -0.25) is 14.4 Å². The van der Waals surface area contributed by atoms with Gasteiger partial charge in [0.1, 0.15) is 0 Å². The van der Waals surface area contributed by atoms with Gasteiger partial charge in [0, 0.05) is 16.8 Å². The van der Waals surface area contributed by atoms with E-state index < -0.39 is 0 Å². The van der Waals surface area contributed by atoms with E-state index in [9.17, 15) is 14.4 Å². The molecule has 154 valence electrons. The van der Waals surface area contributed by atoms with E-state index in [1.165, 1.54) is 17.8 Å². The van der Waals surface area contributed by atoms with Crippen molar-refractivity contribution in [2.75, 3.05) is 22.1 Å². The minimum Gasteiger partial charge on any atom is -0.350 e. The molecule has 0 bridgehead atoms. The van der Waals surface area contributed by atoms with Crippen LogP contribution in [0, 0.1) is 6.92 Å². The van der Waals surface area contributed by atoms with Crippen molar-refractivity contribution in [2.45, 2.75) is 26.8 Å². The standard InChI is InChI=1S/C21H24ClN3O3S/c1-13(2)23-21(28)17-8-7-15(22)10-18(17)25-20(27)12-29-11-19(26)24-16-6-4-5-14(3)9-16/h4-10,13H,11-12H2,1-3H3,(H,23,28)(H,24,26)(H,25,27). The highest BCUT2D eigenvalue weighted by Crippen LogP contribution is 2.22. The normalized spacial score (nSPS) is 10.5. The molecule has 0 unspecified atom stereocenters. The van der Waals surface area contributed by atoms with Gasteiger partial charge in [0.25, 0.3) is 5.91 Å². The summed E-state index contributed by atoms with van der Waals surface area (Å²) >= 11 is 7.19. The van der Waals surface area contributed by atoms with Crippen molar-refractivity contribution in [3.8, 4) is 0 Å². The molecular formula is C21H24ClN3O3S. The Morgan fingerprint density at radius 3 is 2.34 bits per heavy atom. The quantitative estimate of drug-likeness (QED) is 0.585. The van der Waals surface area contributed by atoms with Crippen molar-refractivity contribution >= 4 is 52.5 Å². The summed E-state index contributed by atoms with van der Waals surface area (Å²) in [6.45, 7) is 5.65. The first-order valence-electron chi connectivity index (χ1n) is 9.09. The Bertz CT molecular complexity index is 902. The molecule has 0 aliphatic heterocycles. The summed E-state index contributed by atoms with van der Waals surface area (Å²) in [7, 11) is 0. The molecule has 2 rings (SSSR count). The van der Waals surface area contributed by atoms with E-state index in [0.717, 1.165) is 11.3 Å². The number of thioether (sulfide) groups is 1. The first kappa shape index (κ1) is 22.8. The van der Waals surface area contributed by atoms with Crippen LogP contribution in [-0.2, 0) is 9.59 Å². The minimum absolute atomic E-state index is 0.0378. The molecule has 0 spiro atoms. The average molecular weight is 434 g/mol. The second-order valence-electron chi connectivity index (χ2n) is 6.78. The number of benzene rings is 2. The lowest BCUT2D eigenvalue weighted by Crippen LogP contribution is -2.31. The van der Waals surface area contributed by atoms with E-state index in [-0.39, 0.29) is 35.3 Å². The Balaban J connectivity index is 1.88. The Kier molecular flexibility index (Phi) is 8.54. The van der Waals surface area contributed by atoms with Gasteiger partial charge in [0.15, 0.2) is 0 Å². The number of nitrogens with one attached hydrogen (secondary N) is 3. The van der Waals surface area contributed by atoms with Gasteiger partial charge in [-0.05, 0) is 56.7 Å². The van der Waals surface area contributed by atoms with Crippen LogP contribution in [0.3, 0.4) is 0 Å². The van der Waals surface area contributed by atoms with Crippen LogP contribution in [0.4, 0.5) is 11.4 Å². The number of amides is 3. The van der Waals surface area contributed by atoms with E-state index in [1.54, 1.807) is 12.1 Å². The molecule has 0 saturated heterocycles. The molecule has 3 amide bonds. The summed E-state index contributed by atoms with van der Waals surface area (Å²) in [6, 6.07) is 12.1. The number of hydrogen-bond donors (Lipinski definition) is 3. The second-order valence-corrected chi connectivity index (χ2v) is 8.20. The molecule has 6 nitrogen and oxygen atoms in total. The monoisotopic (exact) mass is 433 g/mol. The fourth-order valence-electron chi connectivity index (χ4n) is 2.50. The zero-order valence-electron chi connectivity index (χ0n) is 16.5. The summed E-state index contributed by atoms with van der Waals surface area (Å²) in [5.41, 5.74) is 2.44. The van der Waals surface area contributed by atoms with Crippen LogP contribution in [0.25, 0.3) is 0 Å². The van der Waals surface area contributed by atoms with Crippen molar-refractivity contribution in [3.63, 3.8) is 0 Å². The lowest BCUT2D eigenvalue weighted by atomic mass is 10.1. The van der Waals surface area contributed by atoms with Crippen LogP contribution in [0.5, 0.6) is 0 Å². The SMILES string of the molecule is Cc1cccc(NC(=O)CSCC(=O)Nc2cc(Cl)ccc2C(=O)NC(C)C)c1. The van der Waals surface area contributed by atoms with Gasteiger partial charge in [-0.15, -0.1) is 11.8 Å². The molecule has 8 heteroatoms. The Labute approximate surface area is 179 Å². The Morgan fingerprint density at radius 1 is 1.00 bits per heavy atom. The Hall–Kier alpha value is -2.51. The van der Waals surface area contributed by atoms with Crippen LogP contribution >= 0.6 is 23.4 Å². The summed E-state index contributed by atoms with van der Waals surface area (Å²) in [5.74, 6) is -0.596. The number of carbonyl (C=O) groups is 3. The van der Waals surface area contributed by atoms with Crippen molar-refractivity contribution in [3.05, 3.63) is 58.6 Å². The lowest BCUT2D eigenvalue weighted by molar-refractivity contribution is -0.114. The summed E-state index contributed by atoms with van der Waals surface area (Å²) in [4.78, 5) is 36.6. The molecule has 0 radical (unpaired) electrons. The zero-order chi connectivity index (χ0) is 21.4.